The molecule has 0 radical (unpaired) electrons. The lowest BCUT2D eigenvalue weighted by Crippen LogP contribution is -2.35. The first kappa shape index (κ1) is 19.0. The molecule has 1 aromatic rings. The molecule has 0 spiro atoms. The van der Waals surface area contributed by atoms with Crippen molar-refractivity contribution in [3.63, 3.8) is 0 Å². The van der Waals surface area contributed by atoms with E-state index in [0.29, 0.717) is 5.56 Å². The SMILES string of the molecule is CC(C)(C)OC(=O)N[C@H](CC(=O)O)c1ccc(S(C)(=O)=O)cc1. The maximum Gasteiger partial charge on any atom is 0.408 e. The summed E-state index contributed by atoms with van der Waals surface area (Å²) in [6.45, 7) is 5.08. The molecule has 2 N–H and O–H groups in total. The molecule has 1 atom stereocenters. The second-order valence-corrected chi connectivity index (χ2v) is 8.15. The van der Waals surface area contributed by atoms with Crippen LogP contribution in [0.15, 0.2) is 29.2 Å². The van der Waals surface area contributed by atoms with Crippen molar-refractivity contribution in [1.82, 2.24) is 5.32 Å². The van der Waals surface area contributed by atoms with E-state index in [9.17, 15) is 18.0 Å². The van der Waals surface area contributed by atoms with Gasteiger partial charge in [-0.25, -0.2) is 13.2 Å². The van der Waals surface area contributed by atoms with E-state index < -0.39 is 33.5 Å². The van der Waals surface area contributed by atoms with E-state index in [-0.39, 0.29) is 11.3 Å². The van der Waals surface area contributed by atoms with E-state index in [1.165, 1.54) is 24.3 Å². The number of sulfone groups is 1. The van der Waals surface area contributed by atoms with E-state index in [0.717, 1.165) is 6.26 Å². The van der Waals surface area contributed by atoms with E-state index in [1.54, 1.807) is 20.8 Å². The Morgan fingerprint density at radius 3 is 2.13 bits per heavy atom. The maximum atomic E-state index is 11.8. The highest BCUT2D eigenvalue weighted by Crippen LogP contribution is 2.20. The molecular weight excluding hydrogens is 322 g/mol. The fourth-order valence-corrected chi connectivity index (χ4v) is 2.45. The molecule has 0 fully saturated rings. The number of alkyl carbamates (subject to hydrolysis) is 1. The van der Waals surface area contributed by atoms with Gasteiger partial charge in [0.15, 0.2) is 9.84 Å². The number of carboxylic acids is 1. The number of carboxylic acid groups (broad SMARTS) is 1. The van der Waals surface area contributed by atoms with Crippen LogP contribution in [0.1, 0.15) is 38.8 Å². The molecule has 0 aliphatic heterocycles. The van der Waals surface area contributed by atoms with Crippen molar-refractivity contribution in [2.24, 2.45) is 0 Å². The summed E-state index contributed by atoms with van der Waals surface area (Å²) in [5.74, 6) is -1.10. The summed E-state index contributed by atoms with van der Waals surface area (Å²) < 4.78 is 28.0. The van der Waals surface area contributed by atoms with Gasteiger partial charge in [0.25, 0.3) is 0 Å². The minimum atomic E-state index is -3.34. The zero-order valence-electron chi connectivity index (χ0n) is 13.5. The van der Waals surface area contributed by atoms with Crippen molar-refractivity contribution in [3.8, 4) is 0 Å². The zero-order valence-corrected chi connectivity index (χ0v) is 14.3. The number of hydrogen-bond acceptors (Lipinski definition) is 5. The molecule has 1 amide bonds. The summed E-state index contributed by atoms with van der Waals surface area (Å²) in [4.78, 5) is 22.9. The molecule has 0 unspecified atom stereocenters. The Labute approximate surface area is 135 Å². The second-order valence-electron chi connectivity index (χ2n) is 6.14. The first-order chi connectivity index (χ1) is 10.4. The Morgan fingerprint density at radius 2 is 1.74 bits per heavy atom. The van der Waals surface area contributed by atoms with Crippen molar-refractivity contribution < 1.29 is 27.9 Å². The lowest BCUT2D eigenvalue weighted by molar-refractivity contribution is -0.137. The minimum absolute atomic E-state index is 0.118. The van der Waals surface area contributed by atoms with Crippen molar-refractivity contribution >= 4 is 21.9 Å². The van der Waals surface area contributed by atoms with Crippen molar-refractivity contribution in [2.75, 3.05) is 6.26 Å². The Kier molecular flexibility index (Phi) is 5.76. The molecule has 8 heteroatoms. The van der Waals surface area contributed by atoms with Gasteiger partial charge in [0, 0.05) is 6.26 Å². The van der Waals surface area contributed by atoms with Gasteiger partial charge in [-0.1, -0.05) is 12.1 Å². The lowest BCUT2D eigenvalue weighted by atomic mass is 10.0. The predicted molar refractivity (Wildman–Crippen MR) is 83.9 cm³/mol. The third-order valence-electron chi connectivity index (χ3n) is 2.78. The zero-order chi connectivity index (χ0) is 17.8. The molecule has 0 saturated carbocycles. The van der Waals surface area contributed by atoms with Crippen molar-refractivity contribution in [2.45, 2.75) is 43.7 Å². The Balaban J connectivity index is 2.98. The fraction of sp³-hybridized carbons (Fsp3) is 0.467. The molecular formula is C15H21NO6S. The number of rotatable bonds is 5. The van der Waals surface area contributed by atoms with Gasteiger partial charge in [-0.05, 0) is 38.5 Å². The molecule has 7 nitrogen and oxygen atoms in total. The highest BCUT2D eigenvalue weighted by molar-refractivity contribution is 7.90. The van der Waals surface area contributed by atoms with Gasteiger partial charge in [-0.3, -0.25) is 4.79 Å². The van der Waals surface area contributed by atoms with Crippen LogP contribution in [0, 0.1) is 0 Å². The van der Waals surface area contributed by atoms with Gasteiger partial charge >= 0.3 is 12.1 Å². The summed E-state index contributed by atoms with van der Waals surface area (Å²) in [6.07, 6.45) is -0.0106. The standard InChI is InChI=1S/C15H21NO6S/c1-15(2,3)22-14(19)16-12(9-13(17)18)10-5-7-11(8-6-10)23(4,20)21/h5-8,12H,9H2,1-4H3,(H,16,19)(H,17,18)/t12-/m1/s1. The third-order valence-corrected chi connectivity index (χ3v) is 3.91. The third kappa shape index (κ3) is 6.68. The number of amides is 1. The van der Waals surface area contributed by atoms with Gasteiger partial charge in [-0.2, -0.15) is 0 Å². The number of benzene rings is 1. The molecule has 0 heterocycles. The normalized spacial score (nSPS) is 13.2. The summed E-state index contributed by atoms with van der Waals surface area (Å²) in [7, 11) is -3.34. The lowest BCUT2D eigenvalue weighted by Gasteiger charge is -2.23. The van der Waals surface area contributed by atoms with Gasteiger partial charge in [0.1, 0.15) is 5.60 Å². The number of hydrogen-bond donors (Lipinski definition) is 2. The first-order valence-corrected chi connectivity index (χ1v) is 8.79. The van der Waals surface area contributed by atoms with Crippen LogP contribution in [0.2, 0.25) is 0 Å². The molecule has 128 valence electrons. The van der Waals surface area contributed by atoms with Crippen LogP contribution in [0.25, 0.3) is 0 Å². The van der Waals surface area contributed by atoms with E-state index >= 15 is 0 Å². The van der Waals surface area contributed by atoms with E-state index in [4.69, 9.17) is 9.84 Å². The Morgan fingerprint density at radius 1 is 1.22 bits per heavy atom. The number of carbonyl (C=O) groups is 2. The quantitative estimate of drug-likeness (QED) is 0.847. The van der Waals surface area contributed by atoms with Crippen LogP contribution < -0.4 is 5.32 Å². The number of ether oxygens (including phenoxy) is 1. The molecule has 0 aromatic heterocycles. The van der Waals surface area contributed by atoms with Gasteiger partial charge in [0.2, 0.25) is 0 Å². The molecule has 0 saturated heterocycles. The number of aliphatic carboxylic acids is 1. The average molecular weight is 343 g/mol. The summed E-state index contributed by atoms with van der Waals surface area (Å²) in [5, 5.41) is 11.5. The molecule has 1 rings (SSSR count). The topological polar surface area (TPSA) is 110 Å². The van der Waals surface area contributed by atoms with Crippen LogP contribution in [0.4, 0.5) is 4.79 Å². The average Bonchev–Trinajstić information content (AvgIpc) is 2.34. The minimum Gasteiger partial charge on any atom is -0.481 e. The molecule has 0 aliphatic carbocycles. The van der Waals surface area contributed by atoms with Crippen LogP contribution in [-0.2, 0) is 19.4 Å². The highest BCUT2D eigenvalue weighted by atomic mass is 32.2. The van der Waals surface area contributed by atoms with Crippen molar-refractivity contribution in [3.05, 3.63) is 29.8 Å². The molecule has 0 bridgehead atoms. The monoisotopic (exact) mass is 343 g/mol. The predicted octanol–water partition coefficient (Wildman–Crippen LogP) is 2.13. The Bertz CT molecular complexity index is 673. The highest BCUT2D eigenvalue weighted by Gasteiger charge is 2.22. The van der Waals surface area contributed by atoms with Crippen LogP contribution >= 0.6 is 0 Å². The Hall–Kier alpha value is -2.09. The molecule has 1 aromatic carbocycles. The van der Waals surface area contributed by atoms with Gasteiger partial charge in [0.05, 0.1) is 17.4 Å². The maximum absolute atomic E-state index is 11.8. The summed E-state index contributed by atoms with van der Waals surface area (Å²) in [5.41, 5.74) is -0.233. The second kappa shape index (κ2) is 6.99. The summed E-state index contributed by atoms with van der Waals surface area (Å²) in [6, 6.07) is 4.87. The largest absolute Gasteiger partial charge is 0.481 e. The van der Waals surface area contributed by atoms with Gasteiger partial charge < -0.3 is 15.2 Å². The van der Waals surface area contributed by atoms with Crippen LogP contribution in [0.5, 0.6) is 0 Å². The number of carbonyl (C=O) groups excluding carboxylic acids is 1. The molecule has 0 aliphatic rings. The first-order valence-electron chi connectivity index (χ1n) is 6.90. The summed E-state index contributed by atoms with van der Waals surface area (Å²) >= 11 is 0. The number of nitrogens with one attached hydrogen (secondary N) is 1. The van der Waals surface area contributed by atoms with Gasteiger partial charge in [-0.15, -0.1) is 0 Å². The van der Waals surface area contributed by atoms with Crippen LogP contribution in [0.3, 0.4) is 0 Å². The van der Waals surface area contributed by atoms with Crippen LogP contribution in [-0.4, -0.2) is 37.4 Å². The molecule has 23 heavy (non-hydrogen) atoms. The van der Waals surface area contributed by atoms with E-state index in [1.807, 2.05) is 0 Å². The van der Waals surface area contributed by atoms with Crippen molar-refractivity contribution in [1.29, 1.82) is 0 Å². The smallest absolute Gasteiger partial charge is 0.408 e. The van der Waals surface area contributed by atoms with E-state index in [2.05, 4.69) is 5.32 Å². The fourth-order valence-electron chi connectivity index (χ4n) is 1.82.